The molecule has 110 valence electrons. The highest BCUT2D eigenvalue weighted by Crippen LogP contribution is 2.33. The Hall–Kier alpha value is -1.82. The van der Waals surface area contributed by atoms with Crippen LogP contribution in [-0.4, -0.2) is 34.1 Å². The highest BCUT2D eigenvalue weighted by Gasteiger charge is 2.26. The normalized spacial score (nSPS) is 18.8. The predicted octanol–water partition coefficient (Wildman–Crippen LogP) is 3.07. The van der Waals surface area contributed by atoms with Crippen LogP contribution in [0.1, 0.15) is 30.7 Å². The molecule has 0 spiro atoms. The summed E-state index contributed by atoms with van der Waals surface area (Å²) in [5.41, 5.74) is 0.487. The Labute approximate surface area is 126 Å². The summed E-state index contributed by atoms with van der Waals surface area (Å²) >= 11 is 1.42. The molecule has 0 bridgehead atoms. The van der Waals surface area contributed by atoms with Gasteiger partial charge in [-0.05, 0) is 25.0 Å². The van der Waals surface area contributed by atoms with Crippen LogP contribution in [-0.2, 0) is 4.79 Å². The molecule has 2 aromatic rings. The second-order valence-corrected chi connectivity index (χ2v) is 6.24. The molecule has 1 unspecified atom stereocenters. The van der Waals surface area contributed by atoms with E-state index >= 15 is 0 Å². The molecule has 1 aromatic carbocycles. The Morgan fingerprint density at radius 3 is 2.95 bits per heavy atom. The van der Waals surface area contributed by atoms with E-state index in [9.17, 15) is 9.18 Å². The number of piperidine rings is 1. The van der Waals surface area contributed by atoms with E-state index in [4.69, 9.17) is 0 Å². The zero-order chi connectivity index (χ0) is 14.8. The first-order valence-corrected chi connectivity index (χ1v) is 7.80. The second kappa shape index (κ2) is 5.89. The van der Waals surface area contributed by atoms with E-state index in [1.807, 2.05) is 4.90 Å². The number of hydrogen-bond acceptors (Lipinski definition) is 4. The molecule has 1 amide bonds. The minimum absolute atomic E-state index is 0.0959. The van der Waals surface area contributed by atoms with Gasteiger partial charge in [0.1, 0.15) is 10.8 Å². The fraction of sp³-hybridized carbons (Fsp3) is 0.400. The average Bonchev–Trinajstić information content (AvgIpc) is 2.97. The molecule has 1 saturated heterocycles. The monoisotopic (exact) mass is 305 g/mol. The van der Waals surface area contributed by atoms with Gasteiger partial charge in [-0.15, -0.1) is 10.2 Å². The summed E-state index contributed by atoms with van der Waals surface area (Å²) < 4.78 is 13.8. The smallest absolute Gasteiger partial charge is 0.219 e. The van der Waals surface area contributed by atoms with E-state index in [-0.39, 0.29) is 17.6 Å². The van der Waals surface area contributed by atoms with E-state index in [0.29, 0.717) is 17.1 Å². The minimum atomic E-state index is -0.283. The van der Waals surface area contributed by atoms with Gasteiger partial charge in [0, 0.05) is 31.5 Å². The van der Waals surface area contributed by atoms with Crippen LogP contribution in [0.15, 0.2) is 24.3 Å². The van der Waals surface area contributed by atoms with E-state index in [1.165, 1.54) is 17.4 Å². The zero-order valence-corrected chi connectivity index (χ0v) is 12.6. The molecular formula is C15H16FN3OS. The lowest BCUT2D eigenvalue weighted by Gasteiger charge is -2.30. The van der Waals surface area contributed by atoms with Gasteiger partial charge in [0.25, 0.3) is 0 Å². The highest BCUT2D eigenvalue weighted by molar-refractivity contribution is 7.14. The quantitative estimate of drug-likeness (QED) is 0.856. The number of amides is 1. The number of benzene rings is 1. The third-order valence-electron chi connectivity index (χ3n) is 3.76. The number of hydrogen-bond donors (Lipinski definition) is 0. The Kier molecular flexibility index (Phi) is 3.96. The van der Waals surface area contributed by atoms with Crippen LogP contribution in [0.2, 0.25) is 0 Å². The van der Waals surface area contributed by atoms with Gasteiger partial charge < -0.3 is 4.90 Å². The number of carbonyl (C=O) groups excluding carboxylic acids is 1. The Balaban J connectivity index is 1.82. The number of halogens is 1. The number of carbonyl (C=O) groups is 1. The summed E-state index contributed by atoms with van der Waals surface area (Å²) in [6.45, 7) is 3.08. The topological polar surface area (TPSA) is 46.1 Å². The van der Waals surface area contributed by atoms with Crippen molar-refractivity contribution in [3.8, 4) is 10.6 Å². The van der Waals surface area contributed by atoms with Crippen molar-refractivity contribution in [3.05, 3.63) is 35.1 Å². The lowest BCUT2D eigenvalue weighted by molar-refractivity contribution is -0.130. The van der Waals surface area contributed by atoms with E-state index < -0.39 is 0 Å². The molecule has 1 fully saturated rings. The van der Waals surface area contributed by atoms with Gasteiger partial charge >= 0.3 is 0 Å². The van der Waals surface area contributed by atoms with Crippen molar-refractivity contribution >= 4 is 17.2 Å². The summed E-state index contributed by atoms with van der Waals surface area (Å²) in [6, 6.07) is 6.58. The molecule has 1 aliphatic heterocycles. The van der Waals surface area contributed by atoms with Gasteiger partial charge in [-0.25, -0.2) is 4.39 Å². The van der Waals surface area contributed by atoms with Crippen molar-refractivity contribution in [1.29, 1.82) is 0 Å². The number of likely N-dealkylation sites (tertiary alicyclic amines) is 1. The Morgan fingerprint density at radius 2 is 2.19 bits per heavy atom. The maximum absolute atomic E-state index is 13.8. The third-order valence-corrected chi connectivity index (χ3v) is 4.88. The van der Waals surface area contributed by atoms with Crippen molar-refractivity contribution < 1.29 is 9.18 Å². The number of rotatable bonds is 2. The van der Waals surface area contributed by atoms with Crippen LogP contribution in [0.4, 0.5) is 4.39 Å². The largest absolute Gasteiger partial charge is 0.342 e. The molecule has 4 nitrogen and oxygen atoms in total. The second-order valence-electron chi connectivity index (χ2n) is 5.23. The molecule has 0 saturated carbocycles. The lowest BCUT2D eigenvalue weighted by Crippen LogP contribution is -2.37. The Morgan fingerprint density at radius 1 is 1.38 bits per heavy atom. The summed E-state index contributed by atoms with van der Waals surface area (Å²) in [7, 11) is 0. The van der Waals surface area contributed by atoms with Gasteiger partial charge in [-0.1, -0.05) is 23.5 Å². The van der Waals surface area contributed by atoms with Gasteiger partial charge in [0.15, 0.2) is 5.01 Å². The van der Waals surface area contributed by atoms with E-state index in [2.05, 4.69) is 10.2 Å². The molecule has 1 aliphatic rings. The SMILES string of the molecule is CC(=O)N1CCCC(c2nnc(-c3ccccc3F)s2)C1. The molecule has 1 atom stereocenters. The molecule has 6 heteroatoms. The number of nitrogens with zero attached hydrogens (tertiary/aromatic N) is 3. The fourth-order valence-electron chi connectivity index (χ4n) is 2.61. The minimum Gasteiger partial charge on any atom is -0.342 e. The van der Waals surface area contributed by atoms with E-state index in [0.717, 1.165) is 24.4 Å². The molecule has 0 radical (unpaired) electrons. The highest BCUT2D eigenvalue weighted by atomic mass is 32.1. The summed E-state index contributed by atoms with van der Waals surface area (Å²) in [5, 5.41) is 9.82. The predicted molar refractivity (Wildman–Crippen MR) is 79.5 cm³/mol. The van der Waals surface area contributed by atoms with Crippen molar-refractivity contribution in [2.45, 2.75) is 25.7 Å². The molecule has 0 aliphatic carbocycles. The molecular weight excluding hydrogens is 289 g/mol. The first-order chi connectivity index (χ1) is 10.1. The van der Waals surface area contributed by atoms with Gasteiger partial charge in [-0.2, -0.15) is 0 Å². The third kappa shape index (κ3) is 2.95. The molecule has 0 N–H and O–H groups in total. The molecule has 21 heavy (non-hydrogen) atoms. The molecule has 2 heterocycles. The van der Waals surface area contributed by atoms with Crippen molar-refractivity contribution in [2.24, 2.45) is 0 Å². The van der Waals surface area contributed by atoms with Crippen LogP contribution < -0.4 is 0 Å². The van der Waals surface area contributed by atoms with Gasteiger partial charge in [0.05, 0.1) is 0 Å². The van der Waals surface area contributed by atoms with Crippen LogP contribution in [0.25, 0.3) is 10.6 Å². The average molecular weight is 305 g/mol. The first kappa shape index (κ1) is 14.1. The van der Waals surface area contributed by atoms with Crippen LogP contribution in [0.3, 0.4) is 0 Å². The van der Waals surface area contributed by atoms with Crippen LogP contribution in [0, 0.1) is 5.82 Å². The van der Waals surface area contributed by atoms with Crippen LogP contribution in [0.5, 0.6) is 0 Å². The van der Waals surface area contributed by atoms with Gasteiger partial charge in [0.2, 0.25) is 5.91 Å². The summed E-state index contributed by atoms with van der Waals surface area (Å²) in [5.74, 6) is 0.0217. The standard InChI is InChI=1S/C15H16FN3OS/c1-10(20)19-8-4-5-11(9-19)14-17-18-15(21-14)12-6-2-3-7-13(12)16/h2-3,6-7,11H,4-5,8-9H2,1H3. The van der Waals surface area contributed by atoms with E-state index in [1.54, 1.807) is 25.1 Å². The Bertz CT molecular complexity index is 658. The molecule has 1 aromatic heterocycles. The first-order valence-electron chi connectivity index (χ1n) is 6.99. The van der Waals surface area contributed by atoms with Crippen molar-refractivity contribution in [3.63, 3.8) is 0 Å². The molecule has 3 rings (SSSR count). The van der Waals surface area contributed by atoms with Crippen LogP contribution >= 0.6 is 11.3 Å². The summed E-state index contributed by atoms with van der Waals surface area (Å²) in [4.78, 5) is 13.3. The maximum atomic E-state index is 13.8. The maximum Gasteiger partial charge on any atom is 0.219 e. The fourth-order valence-corrected chi connectivity index (χ4v) is 3.60. The zero-order valence-electron chi connectivity index (χ0n) is 11.8. The van der Waals surface area contributed by atoms with Crippen molar-refractivity contribution in [2.75, 3.05) is 13.1 Å². The van der Waals surface area contributed by atoms with Crippen molar-refractivity contribution in [1.82, 2.24) is 15.1 Å². The lowest BCUT2D eigenvalue weighted by atomic mass is 9.99. The van der Waals surface area contributed by atoms with Gasteiger partial charge in [-0.3, -0.25) is 4.79 Å². The number of aromatic nitrogens is 2. The summed E-state index contributed by atoms with van der Waals surface area (Å²) in [6.07, 6.45) is 1.97.